The van der Waals surface area contributed by atoms with Crippen molar-refractivity contribution in [3.05, 3.63) is 29.8 Å². The molecule has 0 aliphatic carbocycles. The molecular weight excluding hydrogens is 262 g/mol. The lowest BCUT2D eigenvalue weighted by molar-refractivity contribution is 0.428. The molecule has 1 aromatic carbocycles. The SMILES string of the molecule is O=S(=O)(N[C@H]1CCCNC1)c1cc(F)cc(F)c1. The average molecular weight is 276 g/mol. The molecule has 1 fully saturated rings. The van der Waals surface area contributed by atoms with Crippen LogP contribution >= 0.6 is 0 Å². The van der Waals surface area contributed by atoms with Crippen molar-refractivity contribution in [2.75, 3.05) is 13.1 Å². The largest absolute Gasteiger partial charge is 0.315 e. The molecule has 2 N–H and O–H groups in total. The van der Waals surface area contributed by atoms with Crippen LogP contribution in [0, 0.1) is 11.6 Å². The lowest BCUT2D eigenvalue weighted by atomic mass is 10.1. The van der Waals surface area contributed by atoms with Crippen LogP contribution in [0.2, 0.25) is 0 Å². The van der Waals surface area contributed by atoms with Gasteiger partial charge in [-0.2, -0.15) is 0 Å². The zero-order valence-electron chi connectivity index (χ0n) is 9.62. The first-order chi connectivity index (χ1) is 8.47. The third-order valence-electron chi connectivity index (χ3n) is 2.77. The Morgan fingerprint density at radius 2 is 1.89 bits per heavy atom. The normalized spacial score (nSPS) is 20.9. The van der Waals surface area contributed by atoms with E-state index < -0.39 is 21.7 Å². The average Bonchev–Trinajstić information content (AvgIpc) is 2.28. The highest BCUT2D eigenvalue weighted by Crippen LogP contribution is 2.15. The van der Waals surface area contributed by atoms with Crippen LogP contribution in [0.5, 0.6) is 0 Å². The van der Waals surface area contributed by atoms with Gasteiger partial charge in [-0.1, -0.05) is 0 Å². The maximum absolute atomic E-state index is 13.0. The van der Waals surface area contributed by atoms with Crippen LogP contribution in [0.1, 0.15) is 12.8 Å². The highest BCUT2D eigenvalue weighted by atomic mass is 32.2. The summed E-state index contributed by atoms with van der Waals surface area (Å²) >= 11 is 0. The maximum Gasteiger partial charge on any atom is 0.241 e. The van der Waals surface area contributed by atoms with E-state index in [1.165, 1.54) is 0 Å². The summed E-state index contributed by atoms with van der Waals surface area (Å²) in [6, 6.07) is 2.01. The molecule has 1 heterocycles. The predicted octanol–water partition coefficient (Wildman–Crippen LogP) is 0.995. The van der Waals surface area contributed by atoms with Crippen LogP contribution in [0.15, 0.2) is 23.1 Å². The van der Waals surface area contributed by atoms with E-state index in [0.717, 1.165) is 25.1 Å². The second-order valence-electron chi connectivity index (χ2n) is 4.27. The monoisotopic (exact) mass is 276 g/mol. The summed E-state index contributed by atoms with van der Waals surface area (Å²) in [6.45, 7) is 1.38. The summed E-state index contributed by atoms with van der Waals surface area (Å²) in [6.07, 6.45) is 1.58. The van der Waals surface area contributed by atoms with Gasteiger partial charge >= 0.3 is 0 Å². The van der Waals surface area contributed by atoms with Gasteiger partial charge in [0.2, 0.25) is 10.0 Å². The third kappa shape index (κ3) is 3.24. The molecule has 1 aliphatic rings. The first-order valence-corrected chi connectivity index (χ1v) is 7.15. The smallest absolute Gasteiger partial charge is 0.241 e. The molecule has 1 saturated heterocycles. The van der Waals surface area contributed by atoms with Crippen molar-refractivity contribution in [2.45, 2.75) is 23.8 Å². The molecule has 2 rings (SSSR count). The van der Waals surface area contributed by atoms with Crippen LogP contribution in [0.4, 0.5) is 8.78 Å². The second-order valence-corrected chi connectivity index (χ2v) is 5.98. The van der Waals surface area contributed by atoms with Crippen molar-refractivity contribution in [1.82, 2.24) is 10.0 Å². The van der Waals surface area contributed by atoms with Gasteiger partial charge in [0.1, 0.15) is 11.6 Å². The minimum Gasteiger partial charge on any atom is -0.315 e. The summed E-state index contributed by atoms with van der Waals surface area (Å²) in [7, 11) is -3.87. The first kappa shape index (κ1) is 13.4. The Morgan fingerprint density at radius 1 is 1.22 bits per heavy atom. The molecule has 1 atom stereocenters. The lowest BCUT2D eigenvalue weighted by Gasteiger charge is -2.23. The molecule has 0 aromatic heterocycles. The van der Waals surface area contributed by atoms with Gasteiger partial charge in [0.05, 0.1) is 4.90 Å². The van der Waals surface area contributed by atoms with Gasteiger partial charge in [-0.05, 0) is 31.5 Å². The topological polar surface area (TPSA) is 58.2 Å². The van der Waals surface area contributed by atoms with Gasteiger partial charge < -0.3 is 5.32 Å². The molecule has 1 aromatic rings. The van der Waals surface area contributed by atoms with Gasteiger partial charge in [0.25, 0.3) is 0 Å². The Hall–Kier alpha value is -1.05. The van der Waals surface area contributed by atoms with E-state index in [0.29, 0.717) is 19.0 Å². The maximum atomic E-state index is 13.0. The molecular formula is C11H14F2N2O2S. The van der Waals surface area contributed by atoms with Gasteiger partial charge in [-0.3, -0.25) is 0 Å². The first-order valence-electron chi connectivity index (χ1n) is 5.66. The number of hydrogen-bond acceptors (Lipinski definition) is 3. The van der Waals surface area contributed by atoms with Crippen molar-refractivity contribution in [3.8, 4) is 0 Å². The van der Waals surface area contributed by atoms with Crippen LogP contribution in [0.25, 0.3) is 0 Å². The Morgan fingerprint density at radius 3 is 2.44 bits per heavy atom. The highest BCUT2D eigenvalue weighted by Gasteiger charge is 2.22. The molecule has 18 heavy (non-hydrogen) atoms. The summed E-state index contributed by atoms with van der Waals surface area (Å²) in [5, 5.41) is 3.06. The van der Waals surface area contributed by atoms with E-state index in [1.807, 2.05) is 0 Å². The molecule has 0 radical (unpaired) electrons. The molecule has 100 valence electrons. The summed E-state index contributed by atoms with van der Waals surface area (Å²) in [4.78, 5) is -0.384. The number of sulfonamides is 1. The van der Waals surface area contributed by atoms with Crippen LogP contribution < -0.4 is 10.0 Å². The van der Waals surface area contributed by atoms with Gasteiger partial charge in [-0.15, -0.1) is 0 Å². The number of piperidine rings is 1. The minimum atomic E-state index is -3.87. The van der Waals surface area contributed by atoms with E-state index in [2.05, 4.69) is 10.0 Å². The van der Waals surface area contributed by atoms with E-state index in [9.17, 15) is 17.2 Å². The fourth-order valence-corrected chi connectivity index (χ4v) is 3.24. The van der Waals surface area contributed by atoms with E-state index in [4.69, 9.17) is 0 Å². The number of nitrogens with one attached hydrogen (secondary N) is 2. The number of benzene rings is 1. The van der Waals surface area contributed by atoms with Crippen molar-refractivity contribution in [2.24, 2.45) is 0 Å². The Balaban J connectivity index is 2.19. The number of halogens is 2. The zero-order valence-corrected chi connectivity index (χ0v) is 10.4. The fraction of sp³-hybridized carbons (Fsp3) is 0.455. The van der Waals surface area contributed by atoms with Crippen molar-refractivity contribution in [3.63, 3.8) is 0 Å². The molecule has 1 aliphatic heterocycles. The van der Waals surface area contributed by atoms with Crippen LogP contribution in [-0.4, -0.2) is 27.5 Å². The van der Waals surface area contributed by atoms with Crippen LogP contribution in [-0.2, 0) is 10.0 Å². The molecule has 0 spiro atoms. The Bertz CT molecular complexity index is 508. The standard InChI is InChI=1S/C11H14F2N2O2S/c12-8-4-9(13)6-11(5-8)18(16,17)15-10-2-1-3-14-7-10/h4-6,10,14-15H,1-3,7H2/t10-/m0/s1. The van der Waals surface area contributed by atoms with Gasteiger partial charge in [0.15, 0.2) is 0 Å². The molecule has 0 saturated carbocycles. The number of rotatable bonds is 3. The van der Waals surface area contributed by atoms with Gasteiger partial charge in [-0.25, -0.2) is 21.9 Å². The summed E-state index contributed by atoms with van der Waals surface area (Å²) in [5.41, 5.74) is 0. The molecule has 0 unspecified atom stereocenters. The minimum absolute atomic E-state index is 0.241. The van der Waals surface area contributed by atoms with Crippen molar-refractivity contribution in [1.29, 1.82) is 0 Å². The van der Waals surface area contributed by atoms with E-state index in [1.54, 1.807) is 0 Å². The summed E-state index contributed by atoms with van der Waals surface area (Å²) in [5.74, 6) is -1.81. The lowest BCUT2D eigenvalue weighted by Crippen LogP contribution is -2.45. The molecule has 0 amide bonds. The Labute approximate surface area is 104 Å². The number of hydrogen-bond donors (Lipinski definition) is 2. The van der Waals surface area contributed by atoms with E-state index in [-0.39, 0.29) is 10.9 Å². The predicted molar refractivity (Wildman–Crippen MR) is 62.6 cm³/mol. The highest BCUT2D eigenvalue weighted by molar-refractivity contribution is 7.89. The van der Waals surface area contributed by atoms with E-state index >= 15 is 0 Å². The summed E-state index contributed by atoms with van der Waals surface area (Å²) < 4.78 is 52.3. The van der Waals surface area contributed by atoms with Gasteiger partial charge in [0, 0.05) is 18.7 Å². The molecule has 7 heteroatoms. The Kier molecular flexibility index (Phi) is 3.94. The zero-order chi connectivity index (χ0) is 13.2. The molecule has 0 bridgehead atoms. The van der Waals surface area contributed by atoms with Crippen molar-refractivity contribution >= 4 is 10.0 Å². The van der Waals surface area contributed by atoms with Crippen molar-refractivity contribution < 1.29 is 17.2 Å². The fourth-order valence-electron chi connectivity index (χ4n) is 1.92. The quantitative estimate of drug-likeness (QED) is 0.866. The second kappa shape index (κ2) is 5.29. The third-order valence-corrected chi connectivity index (χ3v) is 4.27. The van der Waals surface area contributed by atoms with Crippen LogP contribution in [0.3, 0.4) is 0 Å². The molecule has 4 nitrogen and oxygen atoms in total.